The molecule has 0 saturated heterocycles. The highest BCUT2D eigenvalue weighted by Crippen LogP contribution is 2.35. The highest BCUT2D eigenvalue weighted by Gasteiger charge is 2.20. The van der Waals surface area contributed by atoms with E-state index in [0.29, 0.717) is 33.8 Å². The van der Waals surface area contributed by atoms with Gasteiger partial charge >= 0.3 is 0 Å². The highest BCUT2D eigenvalue weighted by atomic mass is 32.2. The molecule has 4 rings (SSSR count). The molecular weight excluding hydrogens is 388 g/mol. The molecule has 2 aromatic heterocycles. The Balaban J connectivity index is 1.92. The molecule has 0 unspecified atom stereocenters. The third-order valence-electron chi connectivity index (χ3n) is 4.21. The van der Waals surface area contributed by atoms with Gasteiger partial charge in [0.1, 0.15) is 0 Å². The molecule has 0 radical (unpaired) electrons. The number of aromatic nitrogens is 2. The number of rotatable bonds is 3. The van der Waals surface area contributed by atoms with Gasteiger partial charge in [0.05, 0.1) is 15.8 Å². The van der Waals surface area contributed by atoms with E-state index in [1.165, 1.54) is 6.20 Å². The summed E-state index contributed by atoms with van der Waals surface area (Å²) in [6, 6.07) is 8.47. The Hall–Kier alpha value is -3.17. The maximum absolute atomic E-state index is 14.4. The van der Waals surface area contributed by atoms with Crippen LogP contribution in [0.4, 0.5) is 8.78 Å². The van der Waals surface area contributed by atoms with Gasteiger partial charge in [-0.25, -0.2) is 27.3 Å². The van der Waals surface area contributed by atoms with Crippen molar-refractivity contribution < 1.29 is 21.9 Å². The Labute approximate surface area is 158 Å². The van der Waals surface area contributed by atoms with Crippen LogP contribution >= 0.6 is 0 Å². The van der Waals surface area contributed by atoms with Crippen LogP contribution in [0.25, 0.3) is 21.7 Å². The Bertz CT molecular complexity index is 1330. The zero-order chi connectivity index (χ0) is 20.1. The molecule has 0 amide bonds. The molecule has 2 N–H and O–H groups in total. The van der Waals surface area contributed by atoms with E-state index in [4.69, 9.17) is 9.88 Å². The van der Waals surface area contributed by atoms with Crippen LogP contribution in [-0.2, 0) is 10.0 Å². The van der Waals surface area contributed by atoms with Crippen molar-refractivity contribution in [3.05, 3.63) is 66.0 Å². The minimum absolute atomic E-state index is 0.0325. The number of sulfonamides is 1. The van der Waals surface area contributed by atoms with E-state index in [1.807, 2.05) is 25.1 Å². The number of pyridine rings is 2. The monoisotopic (exact) mass is 401 g/mol. The lowest BCUT2D eigenvalue weighted by atomic mass is 10.1. The van der Waals surface area contributed by atoms with Crippen molar-refractivity contribution in [3.63, 3.8) is 0 Å². The average Bonchev–Trinajstić information content (AvgIpc) is 2.63. The van der Waals surface area contributed by atoms with Gasteiger partial charge in [0.15, 0.2) is 11.6 Å². The second-order valence-electron chi connectivity index (χ2n) is 6.22. The van der Waals surface area contributed by atoms with Gasteiger partial charge in [0, 0.05) is 23.2 Å². The predicted octanol–water partition coefficient (Wildman–Crippen LogP) is 3.81. The Morgan fingerprint density at radius 1 is 1.04 bits per heavy atom. The largest absolute Gasteiger partial charge is 0.432 e. The number of hydrogen-bond donors (Lipinski definition) is 1. The minimum atomic E-state index is -4.26. The zero-order valence-electron chi connectivity index (χ0n) is 14.5. The van der Waals surface area contributed by atoms with E-state index in [2.05, 4.69) is 9.97 Å². The number of hydrogen-bond acceptors (Lipinski definition) is 5. The highest BCUT2D eigenvalue weighted by molar-refractivity contribution is 7.89. The van der Waals surface area contributed by atoms with Crippen LogP contribution in [0.5, 0.6) is 11.6 Å². The Morgan fingerprint density at radius 3 is 2.43 bits per heavy atom. The first kappa shape index (κ1) is 18.2. The molecule has 2 aromatic carbocycles. The maximum Gasteiger partial charge on any atom is 0.238 e. The van der Waals surface area contributed by atoms with E-state index in [1.54, 1.807) is 12.3 Å². The van der Waals surface area contributed by atoms with Crippen LogP contribution in [0.3, 0.4) is 0 Å². The third kappa shape index (κ3) is 3.14. The predicted molar refractivity (Wildman–Crippen MR) is 99.6 cm³/mol. The molecule has 4 aromatic rings. The molecule has 0 spiro atoms. The van der Waals surface area contributed by atoms with Crippen molar-refractivity contribution in [1.29, 1.82) is 0 Å². The molecule has 6 nitrogen and oxygen atoms in total. The first-order valence-electron chi connectivity index (χ1n) is 8.08. The number of aryl methyl sites for hydroxylation is 1. The number of nitrogens with two attached hydrogens (primary N) is 1. The van der Waals surface area contributed by atoms with Crippen molar-refractivity contribution in [2.75, 3.05) is 0 Å². The lowest BCUT2D eigenvalue weighted by Crippen LogP contribution is -2.13. The summed E-state index contributed by atoms with van der Waals surface area (Å²) in [6.07, 6.45) is 3.04. The summed E-state index contributed by atoms with van der Waals surface area (Å²) in [5.41, 5.74) is 1.68. The van der Waals surface area contributed by atoms with Crippen molar-refractivity contribution in [2.24, 2.45) is 5.14 Å². The fourth-order valence-corrected chi connectivity index (χ4v) is 3.44. The molecule has 2 heterocycles. The van der Waals surface area contributed by atoms with Gasteiger partial charge in [-0.15, -0.1) is 0 Å². The van der Waals surface area contributed by atoms with Crippen LogP contribution in [0.2, 0.25) is 0 Å². The lowest BCUT2D eigenvalue weighted by Gasteiger charge is -2.12. The first-order chi connectivity index (χ1) is 13.2. The van der Waals surface area contributed by atoms with Gasteiger partial charge in [-0.1, -0.05) is 12.1 Å². The van der Waals surface area contributed by atoms with E-state index >= 15 is 0 Å². The topological polar surface area (TPSA) is 95.2 Å². The fraction of sp³-hybridized carbons (Fsp3) is 0.0526. The molecule has 0 atom stereocenters. The molecule has 142 valence electrons. The van der Waals surface area contributed by atoms with Crippen molar-refractivity contribution >= 4 is 31.7 Å². The molecule has 0 aliphatic carbocycles. The molecule has 28 heavy (non-hydrogen) atoms. The Kier molecular flexibility index (Phi) is 4.20. The number of ether oxygens (including phenoxy) is 1. The standard InChI is InChI=1S/C19H13F2N3O3S/c1-10-2-3-13-16(6-10)24-9-11-4-5-23-19(17(11)13)27-18-14(20)7-12(8-15(18)21)28(22,25)26/h2-9H,1H3,(H2,22,25,26). The number of primary sulfonamides is 1. The number of fused-ring (bicyclic) bond motifs is 3. The molecule has 9 heteroatoms. The van der Waals surface area contributed by atoms with Crippen LogP contribution < -0.4 is 9.88 Å². The second-order valence-corrected chi connectivity index (χ2v) is 7.78. The van der Waals surface area contributed by atoms with Crippen LogP contribution in [-0.4, -0.2) is 18.4 Å². The van der Waals surface area contributed by atoms with E-state index < -0.39 is 32.3 Å². The number of nitrogens with zero attached hydrogens (tertiary/aromatic N) is 2. The van der Waals surface area contributed by atoms with Gasteiger partial charge in [0.2, 0.25) is 21.7 Å². The summed E-state index contributed by atoms with van der Waals surface area (Å²) in [4.78, 5) is 7.79. The van der Waals surface area contributed by atoms with Gasteiger partial charge in [-0.3, -0.25) is 4.98 Å². The van der Waals surface area contributed by atoms with Gasteiger partial charge in [-0.2, -0.15) is 0 Å². The molecule has 0 aliphatic heterocycles. The SMILES string of the molecule is Cc1ccc2c(c1)ncc1ccnc(Oc3c(F)cc(S(N)(=O)=O)cc3F)c12. The first-order valence-corrected chi connectivity index (χ1v) is 9.62. The maximum atomic E-state index is 14.4. The molecule has 0 fully saturated rings. The van der Waals surface area contributed by atoms with E-state index in [0.717, 1.165) is 5.56 Å². The van der Waals surface area contributed by atoms with Gasteiger partial charge in [0.25, 0.3) is 0 Å². The lowest BCUT2D eigenvalue weighted by molar-refractivity contribution is 0.397. The minimum Gasteiger partial charge on any atom is -0.432 e. The van der Waals surface area contributed by atoms with E-state index in [9.17, 15) is 17.2 Å². The van der Waals surface area contributed by atoms with Crippen molar-refractivity contribution in [3.8, 4) is 11.6 Å². The van der Waals surface area contributed by atoms with Crippen LogP contribution in [0, 0.1) is 18.6 Å². The van der Waals surface area contributed by atoms with Gasteiger partial charge < -0.3 is 4.74 Å². The summed E-state index contributed by atoms with van der Waals surface area (Å²) in [6.45, 7) is 1.92. The summed E-state index contributed by atoms with van der Waals surface area (Å²) in [5.74, 6) is -3.23. The van der Waals surface area contributed by atoms with Crippen molar-refractivity contribution in [1.82, 2.24) is 9.97 Å². The summed E-state index contributed by atoms with van der Waals surface area (Å²) < 4.78 is 56.9. The fourth-order valence-electron chi connectivity index (χ4n) is 2.91. The molecule has 0 bridgehead atoms. The summed E-state index contributed by atoms with van der Waals surface area (Å²) in [5, 5.41) is 6.83. The molecule has 0 saturated carbocycles. The normalized spacial score (nSPS) is 11.9. The third-order valence-corrected chi connectivity index (χ3v) is 5.11. The van der Waals surface area contributed by atoms with Crippen molar-refractivity contribution in [2.45, 2.75) is 11.8 Å². The average molecular weight is 401 g/mol. The van der Waals surface area contributed by atoms with E-state index in [-0.39, 0.29) is 5.88 Å². The zero-order valence-corrected chi connectivity index (χ0v) is 15.3. The quantitative estimate of drug-likeness (QED) is 0.527. The second kappa shape index (κ2) is 6.47. The smallest absolute Gasteiger partial charge is 0.238 e. The molecule has 0 aliphatic rings. The van der Waals surface area contributed by atoms with Gasteiger partial charge in [-0.05, 0) is 36.8 Å². The van der Waals surface area contributed by atoms with Crippen LogP contribution in [0.15, 0.2) is 53.7 Å². The number of benzene rings is 2. The van der Waals surface area contributed by atoms with Crippen LogP contribution in [0.1, 0.15) is 5.56 Å². The summed E-state index contributed by atoms with van der Waals surface area (Å²) in [7, 11) is -4.26. The molecular formula is C19H13F2N3O3S. The number of halogens is 2. The summed E-state index contributed by atoms with van der Waals surface area (Å²) >= 11 is 0. The Morgan fingerprint density at radius 2 is 1.75 bits per heavy atom.